The zero-order chi connectivity index (χ0) is 17.1. The second-order valence-corrected chi connectivity index (χ2v) is 5.65. The highest BCUT2D eigenvalue weighted by atomic mass is 19.1. The highest BCUT2D eigenvalue weighted by molar-refractivity contribution is 5.44. The topological polar surface area (TPSA) is 68.0 Å². The molecular weight excluding hydrogens is 319 g/mol. The molecule has 0 saturated carbocycles. The Hall–Kier alpha value is -3.35. The molecule has 0 spiro atoms. The van der Waals surface area contributed by atoms with Crippen molar-refractivity contribution in [2.24, 2.45) is 0 Å². The number of fused-ring (bicyclic) bond motifs is 1. The molecule has 0 aliphatic rings. The number of anilines is 1. The van der Waals surface area contributed by atoms with Crippen molar-refractivity contribution in [2.75, 3.05) is 5.32 Å². The van der Waals surface area contributed by atoms with Gasteiger partial charge in [-0.25, -0.2) is 4.39 Å². The van der Waals surface area contributed by atoms with E-state index in [2.05, 4.69) is 25.9 Å². The Morgan fingerprint density at radius 1 is 0.960 bits per heavy atom. The predicted octanol–water partition coefficient (Wildman–Crippen LogP) is 3.05. The minimum atomic E-state index is -0.273. The van der Waals surface area contributed by atoms with Crippen LogP contribution in [-0.4, -0.2) is 25.3 Å². The van der Waals surface area contributed by atoms with Crippen molar-refractivity contribution < 1.29 is 4.39 Å². The van der Waals surface area contributed by atoms with Crippen molar-refractivity contribution in [2.45, 2.75) is 12.5 Å². The van der Waals surface area contributed by atoms with E-state index in [-0.39, 0.29) is 11.9 Å². The van der Waals surface area contributed by atoms with Crippen molar-refractivity contribution in [1.82, 2.24) is 25.3 Å². The lowest BCUT2D eigenvalue weighted by molar-refractivity contribution is 0.589. The van der Waals surface area contributed by atoms with E-state index in [4.69, 9.17) is 0 Å². The van der Waals surface area contributed by atoms with E-state index >= 15 is 0 Å². The van der Waals surface area contributed by atoms with Crippen LogP contribution in [-0.2, 0) is 6.42 Å². The van der Waals surface area contributed by atoms with Crippen molar-refractivity contribution in [3.05, 3.63) is 83.7 Å². The monoisotopic (exact) mass is 334 g/mol. The van der Waals surface area contributed by atoms with Crippen LogP contribution in [0.15, 0.2) is 66.7 Å². The number of hydrogen-bond donors (Lipinski definition) is 1. The molecule has 7 heteroatoms. The van der Waals surface area contributed by atoms with E-state index in [0.717, 1.165) is 5.56 Å². The van der Waals surface area contributed by atoms with E-state index < -0.39 is 0 Å². The number of nitrogens with zero attached hydrogens (tertiary/aromatic N) is 5. The smallest absolute Gasteiger partial charge is 0.200 e. The lowest BCUT2D eigenvalue weighted by Crippen LogP contribution is -2.17. The summed E-state index contributed by atoms with van der Waals surface area (Å²) in [6.07, 6.45) is 0.622. The van der Waals surface area contributed by atoms with E-state index in [9.17, 15) is 4.39 Å². The molecule has 4 rings (SSSR count). The summed E-state index contributed by atoms with van der Waals surface area (Å²) in [7, 11) is 0. The number of aromatic nitrogens is 5. The molecule has 124 valence electrons. The molecular formula is C18H15FN6. The fourth-order valence-corrected chi connectivity index (χ4v) is 2.75. The van der Waals surface area contributed by atoms with Crippen molar-refractivity contribution in [3.63, 3.8) is 0 Å². The van der Waals surface area contributed by atoms with Gasteiger partial charge in [0.25, 0.3) is 0 Å². The third-order valence-electron chi connectivity index (χ3n) is 3.95. The van der Waals surface area contributed by atoms with Gasteiger partial charge in [0.15, 0.2) is 5.65 Å². The molecule has 1 unspecified atom stereocenters. The summed E-state index contributed by atoms with van der Waals surface area (Å²) >= 11 is 0. The molecule has 0 aliphatic heterocycles. The van der Waals surface area contributed by atoms with Crippen molar-refractivity contribution in [1.29, 1.82) is 0 Å². The number of tetrazole rings is 1. The minimum Gasteiger partial charge on any atom is -0.361 e. The first-order valence-electron chi connectivity index (χ1n) is 7.90. The Bertz CT molecular complexity index is 985. The van der Waals surface area contributed by atoms with Crippen molar-refractivity contribution >= 4 is 11.5 Å². The first-order valence-corrected chi connectivity index (χ1v) is 7.90. The first kappa shape index (κ1) is 15.2. The summed E-state index contributed by atoms with van der Waals surface area (Å²) in [5.74, 6) is 0.323. The number of halogens is 1. The molecule has 2 heterocycles. The van der Waals surface area contributed by atoms with Crippen LogP contribution in [0.2, 0.25) is 0 Å². The Balaban J connectivity index is 1.68. The van der Waals surface area contributed by atoms with Crippen LogP contribution in [0, 0.1) is 5.82 Å². The van der Waals surface area contributed by atoms with Gasteiger partial charge in [-0.1, -0.05) is 48.5 Å². The first-order chi connectivity index (χ1) is 12.3. The molecule has 0 bridgehead atoms. The molecule has 0 aliphatic carbocycles. The van der Waals surface area contributed by atoms with Gasteiger partial charge >= 0.3 is 0 Å². The standard InChI is InChI=1S/C18H15FN6/c19-15-9-5-4-8-14(15)16(12-13-6-2-1-3-7-13)20-17-10-11-18-21-23-24-25(18)22-17/h1-11,16H,12H2,(H,20,22). The second kappa shape index (κ2) is 6.64. The summed E-state index contributed by atoms with van der Waals surface area (Å²) < 4.78 is 15.7. The minimum absolute atomic E-state index is 0.251. The van der Waals surface area contributed by atoms with Gasteiger partial charge in [-0.15, -0.1) is 14.8 Å². The maximum absolute atomic E-state index is 14.4. The highest BCUT2D eigenvalue weighted by Crippen LogP contribution is 2.25. The molecule has 4 aromatic rings. The average molecular weight is 334 g/mol. The number of nitrogens with one attached hydrogen (secondary N) is 1. The van der Waals surface area contributed by atoms with E-state index in [1.54, 1.807) is 24.3 Å². The van der Waals surface area contributed by atoms with Crippen LogP contribution in [0.3, 0.4) is 0 Å². The molecule has 0 saturated heterocycles. The van der Waals surface area contributed by atoms with Crippen LogP contribution >= 0.6 is 0 Å². The molecule has 2 aromatic carbocycles. The summed E-state index contributed by atoms with van der Waals surface area (Å²) in [6.45, 7) is 0. The molecule has 1 atom stereocenters. The Labute approximate surface area is 143 Å². The summed E-state index contributed by atoms with van der Waals surface area (Å²) in [4.78, 5) is 0. The van der Waals surface area contributed by atoms with Gasteiger partial charge in [0.05, 0.1) is 6.04 Å². The SMILES string of the molecule is Fc1ccccc1C(Cc1ccccc1)Nc1ccc2nnnn2n1. The van der Waals surface area contributed by atoms with E-state index in [1.807, 2.05) is 36.4 Å². The van der Waals surface area contributed by atoms with Gasteiger partial charge in [-0.05, 0) is 40.6 Å². The summed E-state index contributed by atoms with van der Waals surface area (Å²) in [5.41, 5.74) is 2.24. The predicted molar refractivity (Wildman–Crippen MR) is 91.5 cm³/mol. The molecule has 0 amide bonds. The van der Waals surface area contributed by atoms with Crippen LogP contribution in [0.4, 0.5) is 10.2 Å². The third-order valence-corrected chi connectivity index (χ3v) is 3.95. The molecule has 6 nitrogen and oxygen atoms in total. The van der Waals surface area contributed by atoms with Gasteiger partial charge in [0.2, 0.25) is 0 Å². The van der Waals surface area contributed by atoms with Gasteiger partial charge < -0.3 is 5.32 Å². The lowest BCUT2D eigenvalue weighted by atomic mass is 9.98. The van der Waals surface area contributed by atoms with Crippen molar-refractivity contribution in [3.8, 4) is 0 Å². The zero-order valence-corrected chi connectivity index (χ0v) is 13.2. The molecule has 2 aromatic heterocycles. The fraction of sp³-hybridized carbons (Fsp3) is 0.111. The quantitative estimate of drug-likeness (QED) is 0.607. The maximum Gasteiger partial charge on any atom is 0.200 e. The molecule has 1 N–H and O–H groups in total. The van der Waals surface area contributed by atoms with Crippen LogP contribution in [0.5, 0.6) is 0 Å². The summed E-state index contributed by atoms with van der Waals surface area (Å²) in [5, 5.41) is 18.8. The van der Waals surface area contributed by atoms with E-state index in [1.165, 1.54) is 10.7 Å². The van der Waals surface area contributed by atoms with Crippen LogP contribution in [0.1, 0.15) is 17.2 Å². The number of hydrogen-bond acceptors (Lipinski definition) is 5. The molecule has 0 fully saturated rings. The van der Waals surface area contributed by atoms with Gasteiger partial charge in [-0.2, -0.15) is 0 Å². The Morgan fingerprint density at radius 3 is 2.60 bits per heavy atom. The second-order valence-electron chi connectivity index (χ2n) is 5.65. The third kappa shape index (κ3) is 3.30. The van der Waals surface area contributed by atoms with Gasteiger partial charge in [-0.3, -0.25) is 0 Å². The van der Waals surface area contributed by atoms with Gasteiger partial charge in [0, 0.05) is 5.56 Å². The largest absolute Gasteiger partial charge is 0.361 e. The fourth-order valence-electron chi connectivity index (χ4n) is 2.75. The zero-order valence-electron chi connectivity index (χ0n) is 13.2. The van der Waals surface area contributed by atoms with E-state index in [0.29, 0.717) is 23.4 Å². The number of rotatable bonds is 5. The lowest BCUT2D eigenvalue weighted by Gasteiger charge is -2.20. The summed E-state index contributed by atoms with van der Waals surface area (Å²) in [6, 6.07) is 20.0. The molecule has 0 radical (unpaired) electrons. The number of benzene rings is 2. The maximum atomic E-state index is 14.4. The normalized spacial score (nSPS) is 12.2. The highest BCUT2D eigenvalue weighted by Gasteiger charge is 2.17. The Kier molecular flexibility index (Phi) is 4.04. The van der Waals surface area contributed by atoms with Gasteiger partial charge in [0.1, 0.15) is 11.6 Å². The van der Waals surface area contributed by atoms with Crippen LogP contribution < -0.4 is 5.32 Å². The average Bonchev–Trinajstić information content (AvgIpc) is 3.10. The molecule has 25 heavy (non-hydrogen) atoms. The Morgan fingerprint density at radius 2 is 1.76 bits per heavy atom. The van der Waals surface area contributed by atoms with Crippen LogP contribution in [0.25, 0.3) is 5.65 Å².